The van der Waals surface area contributed by atoms with Crippen LogP contribution in [0.25, 0.3) is 0 Å². The number of esters is 1. The summed E-state index contributed by atoms with van der Waals surface area (Å²) >= 11 is 0. The zero-order valence-electron chi connectivity index (χ0n) is 7.87. The van der Waals surface area contributed by atoms with E-state index in [1.807, 2.05) is 0 Å². The lowest BCUT2D eigenvalue weighted by Crippen LogP contribution is -2.12. The molecule has 0 saturated carbocycles. The monoisotopic (exact) mass is 197 g/mol. The van der Waals surface area contributed by atoms with E-state index in [0.29, 0.717) is 11.3 Å². The van der Waals surface area contributed by atoms with Gasteiger partial charge in [-0.1, -0.05) is 12.1 Å². The van der Waals surface area contributed by atoms with E-state index in [0.717, 1.165) is 0 Å². The lowest BCUT2D eigenvalue weighted by molar-refractivity contribution is -0.131. The van der Waals surface area contributed by atoms with E-state index >= 15 is 0 Å². The molecule has 0 aliphatic heterocycles. The molecule has 0 spiro atoms. The minimum atomic E-state index is -0.662. The topological polar surface area (TPSA) is 52.3 Å². The van der Waals surface area contributed by atoms with E-state index in [2.05, 4.69) is 0 Å². The van der Waals surface area contributed by atoms with Crippen molar-refractivity contribution in [3.63, 3.8) is 0 Å². The summed E-state index contributed by atoms with van der Waals surface area (Å²) in [6.07, 6.45) is 0. The van der Waals surface area contributed by atoms with Crippen molar-refractivity contribution < 1.29 is 13.9 Å². The Hall–Kier alpha value is -1.42. The molecule has 0 fully saturated rings. The van der Waals surface area contributed by atoms with Gasteiger partial charge in [0.2, 0.25) is 0 Å². The van der Waals surface area contributed by atoms with Crippen LogP contribution in [0.1, 0.15) is 18.5 Å². The van der Waals surface area contributed by atoms with Crippen LogP contribution in [0.4, 0.5) is 4.39 Å². The van der Waals surface area contributed by atoms with Gasteiger partial charge in [-0.3, -0.25) is 4.79 Å². The van der Waals surface area contributed by atoms with Crippen molar-refractivity contribution in [1.82, 2.24) is 0 Å². The fourth-order valence-corrected chi connectivity index (χ4v) is 1.06. The Morgan fingerprint density at radius 2 is 2.36 bits per heavy atom. The molecule has 1 atom stereocenters. The van der Waals surface area contributed by atoms with E-state index in [9.17, 15) is 9.18 Å². The molecule has 2 N–H and O–H groups in total. The molecule has 0 amide bonds. The zero-order chi connectivity index (χ0) is 10.6. The van der Waals surface area contributed by atoms with Crippen molar-refractivity contribution in [2.45, 2.75) is 13.0 Å². The predicted molar refractivity (Wildman–Crippen MR) is 50.7 cm³/mol. The van der Waals surface area contributed by atoms with Gasteiger partial charge in [0.05, 0.1) is 6.04 Å². The quantitative estimate of drug-likeness (QED) is 0.591. The number of benzene rings is 1. The van der Waals surface area contributed by atoms with Gasteiger partial charge in [0.15, 0.2) is 0 Å². The second kappa shape index (κ2) is 4.72. The molecule has 0 radical (unpaired) electrons. The zero-order valence-corrected chi connectivity index (χ0v) is 7.87. The summed E-state index contributed by atoms with van der Waals surface area (Å²) < 4.78 is 17.1. The van der Waals surface area contributed by atoms with Gasteiger partial charge in [-0.25, -0.2) is 4.39 Å². The lowest BCUT2D eigenvalue weighted by Gasteiger charge is -2.08. The summed E-state index contributed by atoms with van der Waals surface area (Å²) in [5, 5.41) is 0. The smallest absolute Gasteiger partial charge is 0.308 e. The van der Waals surface area contributed by atoms with Crippen LogP contribution in [0.3, 0.4) is 0 Å². The van der Waals surface area contributed by atoms with Crippen LogP contribution < -0.4 is 10.5 Å². The summed E-state index contributed by atoms with van der Waals surface area (Å²) in [6, 6.07) is 5.88. The van der Waals surface area contributed by atoms with Crippen molar-refractivity contribution in [2.24, 2.45) is 5.73 Å². The maximum Gasteiger partial charge on any atom is 0.308 e. The third-order valence-electron chi connectivity index (χ3n) is 1.71. The van der Waals surface area contributed by atoms with E-state index in [4.69, 9.17) is 10.5 Å². The standard InChI is InChI=1S/C10H12FNO2/c1-7(13)14-9-4-2-3-8(5-9)10(12)6-11/h2-5,10H,6,12H2,1H3/t10-/m0/s1. The fraction of sp³-hybridized carbons (Fsp3) is 0.300. The number of rotatable bonds is 3. The van der Waals surface area contributed by atoms with Crippen molar-refractivity contribution >= 4 is 5.97 Å². The summed E-state index contributed by atoms with van der Waals surface area (Å²) in [7, 11) is 0. The van der Waals surface area contributed by atoms with Gasteiger partial charge in [0.25, 0.3) is 0 Å². The Kier molecular flexibility index (Phi) is 3.59. The van der Waals surface area contributed by atoms with Gasteiger partial charge in [0, 0.05) is 6.92 Å². The van der Waals surface area contributed by atoms with Crippen LogP contribution in [0, 0.1) is 0 Å². The number of halogens is 1. The third-order valence-corrected chi connectivity index (χ3v) is 1.71. The largest absolute Gasteiger partial charge is 0.427 e. The predicted octanol–water partition coefficient (Wildman–Crippen LogP) is 1.58. The lowest BCUT2D eigenvalue weighted by atomic mass is 10.1. The van der Waals surface area contributed by atoms with Crippen LogP contribution in [-0.4, -0.2) is 12.6 Å². The molecule has 0 heterocycles. The average Bonchev–Trinajstić information content (AvgIpc) is 2.16. The Balaban J connectivity index is 2.83. The molecule has 14 heavy (non-hydrogen) atoms. The van der Waals surface area contributed by atoms with Gasteiger partial charge in [-0.2, -0.15) is 0 Å². The highest BCUT2D eigenvalue weighted by Crippen LogP contribution is 2.18. The number of hydrogen-bond donors (Lipinski definition) is 1. The number of nitrogens with two attached hydrogens (primary N) is 1. The highest BCUT2D eigenvalue weighted by molar-refractivity contribution is 5.69. The van der Waals surface area contributed by atoms with Crippen molar-refractivity contribution in [3.05, 3.63) is 29.8 Å². The molecule has 4 heteroatoms. The van der Waals surface area contributed by atoms with Gasteiger partial charge in [-0.15, -0.1) is 0 Å². The maximum atomic E-state index is 12.2. The number of hydrogen-bond acceptors (Lipinski definition) is 3. The highest BCUT2D eigenvalue weighted by Gasteiger charge is 2.06. The molecule has 1 aromatic rings. The Labute approximate surface area is 81.7 Å². The first-order chi connectivity index (χ1) is 6.63. The van der Waals surface area contributed by atoms with Gasteiger partial charge >= 0.3 is 5.97 Å². The average molecular weight is 197 g/mol. The summed E-state index contributed by atoms with van der Waals surface area (Å²) in [4.78, 5) is 10.6. The number of carbonyl (C=O) groups is 1. The van der Waals surface area contributed by atoms with Crippen LogP contribution >= 0.6 is 0 Å². The van der Waals surface area contributed by atoms with Crippen molar-refractivity contribution in [2.75, 3.05) is 6.67 Å². The van der Waals surface area contributed by atoms with E-state index in [-0.39, 0.29) is 0 Å². The highest BCUT2D eigenvalue weighted by atomic mass is 19.1. The molecular formula is C10H12FNO2. The first kappa shape index (κ1) is 10.7. The van der Waals surface area contributed by atoms with E-state index in [1.165, 1.54) is 6.92 Å². The fourth-order valence-electron chi connectivity index (χ4n) is 1.06. The van der Waals surface area contributed by atoms with Crippen LogP contribution in [0.2, 0.25) is 0 Å². The first-order valence-electron chi connectivity index (χ1n) is 4.23. The van der Waals surface area contributed by atoms with Gasteiger partial charge < -0.3 is 10.5 Å². The Morgan fingerprint density at radius 1 is 1.64 bits per heavy atom. The molecule has 0 aromatic heterocycles. The minimum absolute atomic E-state index is 0.388. The molecule has 0 aliphatic carbocycles. The van der Waals surface area contributed by atoms with Gasteiger partial charge in [-0.05, 0) is 17.7 Å². The molecule has 0 aliphatic rings. The first-order valence-corrected chi connectivity index (χ1v) is 4.23. The van der Waals surface area contributed by atoms with E-state index < -0.39 is 18.7 Å². The second-order valence-electron chi connectivity index (χ2n) is 2.93. The molecule has 0 bridgehead atoms. The molecular weight excluding hydrogens is 185 g/mol. The summed E-state index contributed by atoms with van der Waals surface area (Å²) in [6.45, 7) is 0.672. The summed E-state index contributed by atoms with van der Waals surface area (Å²) in [5.41, 5.74) is 6.10. The minimum Gasteiger partial charge on any atom is -0.427 e. The van der Waals surface area contributed by atoms with Crippen molar-refractivity contribution in [1.29, 1.82) is 0 Å². The van der Waals surface area contributed by atoms with Crippen LogP contribution in [0.5, 0.6) is 5.75 Å². The molecule has 1 aromatic carbocycles. The SMILES string of the molecule is CC(=O)Oc1cccc([C@@H](N)CF)c1. The molecule has 3 nitrogen and oxygen atoms in total. The van der Waals surface area contributed by atoms with Crippen LogP contribution in [0.15, 0.2) is 24.3 Å². The number of carbonyl (C=O) groups excluding carboxylic acids is 1. The number of ether oxygens (including phenoxy) is 1. The maximum absolute atomic E-state index is 12.2. The summed E-state index contributed by atoms with van der Waals surface area (Å²) in [5.74, 6) is -0.0186. The van der Waals surface area contributed by atoms with Crippen molar-refractivity contribution in [3.8, 4) is 5.75 Å². The number of alkyl halides is 1. The Morgan fingerprint density at radius 3 is 2.93 bits per heavy atom. The molecule has 0 saturated heterocycles. The normalized spacial score (nSPS) is 12.2. The van der Waals surface area contributed by atoms with Crippen LogP contribution in [-0.2, 0) is 4.79 Å². The van der Waals surface area contributed by atoms with E-state index in [1.54, 1.807) is 24.3 Å². The van der Waals surface area contributed by atoms with Gasteiger partial charge in [0.1, 0.15) is 12.4 Å². The molecule has 0 unspecified atom stereocenters. The third kappa shape index (κ3) is 2.81. The Bertz CT molecular complexity index is 328. The molecule has 1 rings (SSSR count). The second-order valence-corrected chi connectivity index (χ2v) is 2.93. The molecule has 76 valence electrons.